The molecule has 1 aliphatic rings. The molecule has 2 nitrogen and oxygen atoms in total. The summed E-state index contributed by atoms with van der Waals surface area (Å²) in [6.45, 7) is 2.98. The van der Waals surface area contributed by atoms with Crippen molar-refractivity contribution in [2.45, 2.75) is 45.1 Å². The molecule has 15 heavy (non-hydrogen) atoms. The van der Waals surface area contributed by atoms with Gasteiger partial charge in [-0.3, -0.25) is 0 Å². The molecule has 0 atom stereocenters. The highest BCUT2D eigenvalue weighted by Gasteiger charge is 2.24. The Hall–Kier alpha value is -0.600. The Balaban J connectivity index is 2.55. The van der Waals surface area contributed by atoms with Crippen molar-refractivity contribution in [1.29, 1.82) is 0 Å². The smallest absolute Gasteiger partial charge is 0.0411 e. The molecule has 2 heteroatoms. The lowest BCUT2D eigenvalue weighted by molar-refractivity contribution is 0.393. The van der Waals surface area contributed by atoms with Crippen LogP contribution >= 0.6 is 0 Å². The van der Waals surface area contributed by atoms with E-state index in [4.69, 9.17) is 11.5 Å². The maximum Gasteiger partial charge on any atom is 0.0411 e. The van der Waals surface area contributed by atoms with Gasteiger partial charge in [0.05, 0.1) is 0 Å². The molecular weight excluding hydrogens is 184 g/mol. The van der Waals surface area contributed by atoms with E-state index in [1.165, 1.54) is 25.7 Å². The summed E-state index contributed by atoms with van der Waals surface area (Å²) in [4.78, 5) is 0. The maximum atomic E-state index is 5.80. The van der Waals surface area contributed by atoms with E-state index < -0.39 is 0 Å². The minimum atomic E-state index is 0.0991. The molecule has 1 aliphatic carbocycles. The summed E-state index contributed by atoms with van der Waals surface area (Å²) in [5.41, 5.74) is 11.7. The van der Waals surface area contributed by atoms with Gasteiger partial charge in [0.15, 0.2) is 0 Å². The molecule has 86 valence electrons. The molecule has 4 N–H and O–H groups in total. The van der Waals surface area contributed by atoms with Crippen molar-refractivity contribution in [3.8, 4) is 0 Å². The molecule has 1 rings (SSSR count). The lowest BCUT2D eigenvalue weighted by Gasteiger charge is -2.30. The lowest BCUT2D eigenvalue weighted by atomic mass is 9.76. The van der Waals surface area contributed by atoms with Gasteiger partial charge in [-0.05, 0) is 19.4 Å². The van der Waals surface area contributed by atoms with Crippen LogP contribution in [0.1, 0.15) is 39.0 Å². The van der Waals surface area contributed by atoms with Crippen molar-refractivity contribution in [1.82, 2.24) is 0 Å². The Labute approximate surface area is 93.4 Å². The van der Waals surface area contributed by atoms with Crippen LogP contribution in [-0.2, 0) is 0 Å². The fourth-order valence-electron chi connectivity index (χ4n) is 2.16. The molecule has 0 aromatic heterocycles. The van der Waals surface area contributed by atoms with E-state index in [2.05, 4.69) is 31.2 Å². The van der Waals surface area contributed by atoms with Gasteiger partial charge in [0.2, 0.25) is 0 Å². The average molecular weight is 208 g/mol. The molecule has 0 aromatic rings. The van der Waals surface area contributed by atoms with Gasteiger partial charge < -0.3 is 11.5 Å². The minimum Gasteiger partial charge on any atom is -0.330 e. The first-order valence-corrected chi connectivity index (χ1v) is 6.07. The molecule has 0 heterocycles. The summed E-state index contributed by atoms with van der Waals surface area (Å²) in [7, 11) is 0. The summed E-state index contributed by atoms with van der Waals surface area (Å²) in [5.74, 6) is 0. The molecule has 0 unspecified atom stereocenters. The van der Waals surface area contributed by atoms with Crippen LogP contribution in [0, 0.1) is 5.41 Å². The van der Waals surface area contributed by atoms with E-state index in [1.54, 1.807) is 0 Å². The van der Waals surface area contributed by atoms with Gasteiger partial charge in [0, 0.05) is 11.5 Å². The zero-order valence-electron chi connectivity index (χ0n) is 9.78. The molecule has 0 saturated heterocycles. The number of rotatable bonds is 6. The summed E-state index contributed by atoms with van der Waals surface area (Å²) in [6.07, 6.45) is 14.8. The highest BCUT2D eigenvalue weighted by Crippen LogP contribution is 2.34. The molecule has 0 radical (unpaired) electrons. The normalized spacial score (nSPS) is 29.7. The third-order valence-electron chi connectivity index (χ3n) is 3.16. The molecule has 0 amide bonds. The van der Waals surface area contributed by atoms with Gasteiger partial charge in [0.1, 0.15) is 0 Å². The van der Waals surface area contributed by atoms with Crippen molar-refractivity contribution in [3.63, 3.8) is 0 Å². The summed E-state index contributed by atoms with van der Waals surface area (Å²) in [5, 5.41) is 0. The first-order valence-electron chi connectivity index (χ1n) is 6.07. The second kappa shape index (κ2) is 6.09. The largest absolute Gasteiger partial charge is 0.330 e. The van der Waals surface area contributed by atoms with E-state index in [-0.39, 0.29) is 11.5 Å². The number of allylic oxidation sites excluding steroid dienone is 2. The summed E-state index contributed by atoms with van der Waals surface area (Å²) in [6, 6.07) is 0.0991. The average Bonchev–Trinajstić information content (AvgIpc) is 2.23. The van der Waals surface area contributed by atoms with Crippen LogP contribution in [0.15, 0.2) is 24.3 Å². The van der Waals surface area contributed by atoms with Crippen LogP contribution in [0.25, 0.3) is 0 Å². The zero-order chi connectivity index (χ0) is 11.1. The Kier molecular flexibility index (Phi) is 5.06. The second-order valence-corrected chi connectivity index (χ2v) is 4.52. The van der Waals surface area contributed by atoms with Crippen LogP contribution in [0.3, 0.4) is 0 Å². The monoisotopic (exact) mass is 208 g/mol. The van der Waals surface area contributed by atoms with Crippen LogP contribution in [0.4, 0.5) is 0 Å². The predicted molar refractivity (Wildman–Crippen MR) is 66.5 cm³/mol. The van der Waals surface area contributed by atoms with E-state index in [0.29, 0.717) is 0 Å². The van der Waals surface area contributed by atoms with Crippen molar-refractivity contribution >= 4 is 0 Å². The van der Waals surface area contributed by atoms with E-state index >= 15 is 0 Å². The van der Waals surface area contributed by atoms with Crippen LogP contribution < -0.4 is 11.5 Å². The van der Waals surface area contributed by atoms with Crippen molar-refractivity contribution in [2.24, 2.45) is 16.9 Å². The van der Waals surface area contributed by atoms with Crippen LogP contribution in [-0.4, -0.2) is 12.6 Å². The quantitative estimate of drug-likeness (QED) is 0.520. The highest BCUT2D eigenvalue weighted by molar-refractivity contribution is 5.22. The fourth-order valence-corrected chi connectivity index (χ4v) is 2.16. The maximum absolute atomic E-state index is 5.80. The number of nitrogens with two attached hydrogens (primary N) is 2. The van der Waals surface area contributed by atoms with Crippen LogP contribution in [0.2, 0.25) is 0 Å². The highest BCUT2D eigenvalue weighted by atomic mass is 14.6. The van der Waals surface area contributed by atoms with E-state index in [0.717, 1.165) is 13.0 Å². The van der Waals surface area contributed by atoms with Gasteiger partial charge >= 0.3 is 0 Å². The standard InChI is InChI=1S/C13H24N2/c1-2-3-4-7-13(10-11-14)8-5-12(15)6-9-13/h5-6,8-9,12H,2-4,7,10-11,14-15H2,1H3. The van der Waals surface area contributed by atoms with E-state index in [1.807, 2.05) is 0 Å². The van der Waals surface area contributed by atoms with Crippen molar-refractivity contribution in [3.05, 3.63) is 24.3 Å². The SMILES string of the molecule is CCCCCC1(CCN)C=CC(N)C=C1. The Morgan fingerprint density at radius 3 is 2.33 bits per heavy atom. The number of hydrogen-bond acceptors (Lipinski definition) is 2. The lowest BCUT2D eigenvalue weighted by Crippen LogP contribution is -2.26. The van der Waals surface area contributed by atoms with Crippen LogP contribution in [0.5, 0.6) is 0 Å². The van der Waals surface area contributed by atoms with E-state index in [9.17, 15) is 0 Å². The van der Waals surface area contributed by atoms with Gasteiger partial charge in [-0.2, -0.15) is 0 Å². The Bertz CT molecular complexity index is 217. The van der Waals surface area contributed by atoms with Gasteiger partial charge in [-0.25, -0.2) is 0 Å². The third kappa shape index (κ3) is 3.80. The molecule has 0 spiro atoms. The van der Waals surface area contributed by atoms with Crippen molar-refractivity contribution in [2.75, 3.05) is 6.54 Å². The molecule has 0 fully saturated rings. The predicted octanol–water partition coefficient (Wildman–Crippen LogP) is 2.36. The summed E-state index contributed by atoms with van der Waals surface area (Å²) >= 11 is 0. The first kappa shape index (κ1) is 12.5. The number of unbranched alkanes of at least 4 members (excludes halogenated alkanes) is 2. The Morgan fingerprint density at radius 1 is 1.13 bits per heavy atom. The molecule has 0 aliphatic heterocycles. The summed E-state index contributed by atoms with van der Waals surface area (Å²) < 4.78 is 0. The molecule has 0 saturated carbocycles. The van der Waals surface area contributed by atoms with Gasteiger partial charge in [-0.1, -0.05) is 50.5 Å². The molecule has 0 bridgehead atoms. The van der Waals surface area contributed by atoms with Crippen molar-refractivity contribution < 1.29 is 0 Å². The third-order valence-corrected chi connectivity index (χ3v) is 3.16. The fraction of sp³-hybridized carbons (Fsp3) is 0.692. The molecular formula is C13H24N2. The Morgan fingerprint density at radius 2 is 1.80 bits per heavy atom. The number of hydrogen-bond donors (Lipinski definition) is 2. The first-order chi connectivity index (χ1) is 7.22. The zero-order valence-corrected chi connectivity index (χ0v) is 9.78. The minimum absolute atomic E-state index is 0.0991. The second-order valence-electron chi connectivity index (χ2n) is 4.52. The van der Waals surface area contributed by atoms with Gasteiger partial charge in [0.25, 0.3) is 0 Å². The molecule has 0 aromatic carbocycles. The topological polar surface area (TPSA) is 52.0 Å². The van der Waals surface area contributed by atoms with Gasteiger partial charge in [-0.15, -0.1) is 0 Å².